The average molecular weight is 488 g/mol. The van der Waals surface area contributed by atoms with Crippen LogP contribution in [0, 0.1) is 0 Å². The van der Waals surface area contributed by atoms with Crippen LogP contribution >= 0.6 is 0 Å². The summed E-state index contributed by atoms with van der Waals surface area (Å²) in [5.74, 6) is 1.34. The summed E-state index contributed by atoms with van der Waals surface area (Å²) in [7, 11) is 0. The van der Waals surface area contributed by atoms with Gasteiger partial charge in [-0.05, 0) is 78.5 Å². The van der Waals surface area contributed by atoms with Gasteiger partial charge >= 0.3 is 0 Å². The average Bonchev–Trinajstić information content (AvgIpc) is 3.34. The minimum absolute atomic E-state index is 0.663. The van der Waals surface area contributed by atoms with Crippen molar-refractivity contribution in [3.05, 3.63) is 120 Å². The molecule has 0 atom stereocenters. The molecule has 1 saturated carbocycles. The lowest BCUT2D eigenvalue weighted by molar-refractivity contribution is 0.396. The number of fused-ring (bicyclic) bond motifs is 3. The third-order valence-electron chi connectivity index (χ3n) is 7.55. The van der Waals surface area contributed by atoms with Gasteiger partial charge in [0.2, 0.25) is 0 Å². The SMILES string of the molecule is C=Cc1cccc(C2CCC(c3ccc(-n4c5ccccc5c5ccccc54)cc3)CC2)c1.CC.CC. The molecule has 37 heavy (non-hydrogen) atoms. The highest BCUT2D eigenvalue weighted by Crippen LogP contribution is 2.41. The highest BCUT2D eigenvalue weighted by Gasteiger charge is 2.23. The van der Waals surface area contributed by atoms with Gasteiger partial charge in [0, 0.05) is 16.5 Å². The maximum atomic E-state index is 3.93. The van der Waals surface area contributed by atoms with Crippen molar-refractivity contribution >= 4 is 27.9 Å². The molecule has 1 aromatic heterocycles. The second-order valence-corrected chi connectivity index (χ2v) is 9.38. The molecule has 0 bridgehead atoms. The lowest BCUT2D eigenvalue weighted by atomic mass is 9.76. The number of nitrogens with zero attached hydrogens (tertiary/aromatic N) is 1. The van der Waals surface area contributed by atoms with Gasteiger partial charge in [-0.3, -0.25) is 0 Å². The van der Waals surface area contributed by atoms with Gasteiger partial charge in [-0.15, -0.1) is 0 Å². The molecule has 1 aliphatic rings. The molecular weight excluding hydrogens is 446 g/mol. The Hall–Kier alpha value is -3.58. The van der Waals surface area contributed by atoms with E-state index in [-0.39, 0.29) is 0 Å². The Morgan fingerprint density at radius 2 is 1.11 bits per heavy atom. The Balaban J connectivity index is 0.000000765. The van der Waals surface area contributed by atoms with Gasteiger partial charge < -0.3 is 4.57 Å². The number of rotatable bonds is 4. The Morgan fingerprint density at radius 1 is 0.595 bits per heavy atom. The Kier molecular flexibility index (Phi) is 9.01. The van der Waals surface area contributed by atoms with Crippen LogP contribution in [0.2, 0.25) is 0 Å². The van der Waals surface area contributed by atoms with Crippen LogP contribution in [-0.2, 0) is 0 Å². The molecule has 1 nitrogen and oxygen atoms in total. The molecule has 0 aliphatic heterocycles. The molecule has 1 fully saturated rings. The fraction of sp³-hybridized carbons (Fsp3) is 0.278. The van der Waals surface area contributed by atoms with Crippen LogP contribution in [0.1, 0.15) is 81.9 Å². The van der Waals surface area contributed by atoms with Gasteiger partial charge in [0.15, 0.2) is 0 Å². The van der Waals surface area contributed by atoms with Gasteiger partial charge in [-0.2, -0.15) is 0 Å². The molecule has 0 radical (unpaired) electrons. The van der Waals surface area contributed by atoms with Crippen LogP contribution in [0.5, 0.6) is 0 Å². The first kappa shape index (κ1) is 26.5. The third-order valence-corrected chi connectivity index (χ3v) is 7.55. The van der Waals surface area contributed by atoms with Crippen LogP contribution in [-0.4, -0.2) is 4.57 Å². The topological polar surface area (TPSA) is 4.93 Å². The van der Waals surface area contributed by atoms with Crippen LogP contribution < -0.4 is 0 Å². The van der Waals surface area contributed by atoms with Gasteiger partial charge in [0.1, 0.15) is 0 Å². The molecule has 0 saturated heterocycles. The summed E-state index contributed by atoms with van der Waals surface area (Å²) < 4.78 is 2.40. The van der Waals surface area contributed by atoms with Crippen molar-refractivity contribution in [2.24, 2.45) is 0 Å². The minimum Gasteiger partial charge on any atom is -0.309 e. The highest BCUT2D eigenvalue weighted by molar-refractivity contribution is 6.09. The first-order valence-electron chi connectivity index (χ1n) is 14.1. The summed E-state index contributed by atoms with van der Waals surface area (Å²) in [6, 6.07) is 35.7. The van der Waals surface area contributed by atoms with E-state index in [0.717, 1.165) is 0 Å². The van der Waals surface area contributed by atoms with Crippen molar-refractivity contribution in [2.45, 2.75) is 65.2 Å². The molecule has 0 unspecified atom stereocenters. The van der Waals surface area contributed by atoms with Crippen LogP contribution in [0.25, 0.3) is 33.6 Å². The minimum atomic E-state index is 0.663. The van der Waals surface area contributed by atoms with E-state index in [1.807, 2.05) is 33.8 Å². The Morgan fingerprint density at radius 3 is 1.65 bits per heavy atom. The van der Waals surface area contributed by atoms with Crippen molar-refractivity contribution < 1.29 is 0 Å². The molecule has 1 heteroatoms. The zero-order valence-electron chi connectivity index (χ0n) is 23.0. The fourth-order valence-corrected chi connectivity index (χ4v) is 5.80. The van der Waals surface area contributed by atoms with Crippen LogP contribution in [0.4, 0.5) is 0 Å². The first-order chi connectivity index (χ1) is 18.3. The fourth-order valence-electron chi connectivity index (χ4n) is 5.80. The van der Waals surface area contributed by atoms with Crippen molar-refractivity contribution in [3.8, 4) is 5.69 Å². The smallest absolute Gasteiger partial charge is 0.0541 e. The lowest BCUT2D eigenvalue weighted by Crippen LogP contribution is -2.12. The molecule has 6 rings (SSSR count). The summed E-state index contributed by atoms with van der Waals surface area (Å²) in [5, 5.41) is 2.63. The summed E-state index contributed by atoms with van der Waals surface area (Å²) in [4.78, 5) is 0. The molecular formula is C36H41N. The monoisotopic (exact) mass is 487 g/mol. The van der Waals surface area contributed by atoms with Gasteiger partial charge in [0.05, 0.1) is 11.0 Å². The van der Waals surface area contributed by atoms with E-state index in [2.05, 4.69) is 108 Å². The quantitative estimate of drug-likeness (QED) is 0.237. The van der Waals surface area contributed by atoms with E-state index in [1.165, 1.54) is 69.9 Å². The Labute approximate surface area is 223 Å². The predicted molar refractivity (Wildman–Crippen MR) is 164 cm³/mol. The maximum Gasteiger partial charge on any atom is 0.0541 e. The van der Waals surface area contributed by atoms with E-state index in [4.69, 9.17) is 0 Å². The summed E-state index contributed by atoms with van der Waals surface area (Å²) in [6.45, 7) is 11.9. The van der Waals surface area contributed by atoms with Crippen molar-refractivity contribution in [1.29, 1.82) is 0 Å². The normalized spacial score (nSPS) is 16.9. The van der Waals surface area contributed by atoms with E-state index in [1.54, 1.807) is 0 Å². The number of aromatic nitrogens is 1. The van der Waals surface area contributed by atoms with Crippen LogP contribution in [0.3, 0.4) is 0 Å². The first-order valence-corrected chi connectivity index (χ1v) is 14.1. The van der Waals surface area contributed by atoms with Gasteiger partial charge in [0.25, 0.3) is 0 Å². The van der Waals surface area contributed by atoms with Gasteiger partial charge in [-0.1, -0.05) is 113 Å². The Bertz CT molecular complexity index is 1380. The second-order valence-electron chi connectivity index (χ2n) is 9.38. The van der Waals surface area contributed by atoms with Crippen LogP contribution in [0.15, 0.2) is 104 Å². The number of benzene rings is 4. The number of hydrogen-bond donors (Lipinski definition) is 0. The molecule has 0 N–H and O–H groups in total. The number of para-hydroxylation sites is 2. The lowest BCUT2D eigenvalue weighted by Gasteiger charge is -2.29. The van der Waals surface area contributed by atoms with Crippen molar-refractivity contribution in [2.75, 3.05) is 0 Å². The summed E-state index contributed by atoms with van der Waals surface area (Å²) in [6.07, 6.45) is 7.00. The molecule has 1 aliphatic carbocycles. The van der Waals surface area contributed by atoms with Gasteiger partial charge in [-0.25, -0.2) is 0 Å². The highest BCUT2D eigenvalue weighted by atomic mass is 15.0. The van der Waals surface area contributed by atoms with E-state index in [0.29, 0.717) is 11.8 Å². The third kappa shape index (κ3) is 5.42. The second kappa shape index (κ2) is 12.6. The molecule has 5 aromatic rings. The van der Waals surface area contributed by atoms with Crippen molar-refractivity contribution in [1.82, 2.24) is 4.57 Å². The van der Waals surface area contributed by atoms with E-state index in [9.17, 15) is 0 Å². The van der Waals surface area contributed by atoms with E-state index < -0.39 is 0 Å². The molecule has 190 valence electrons. The number of hydrogen-bond acceptors (Lipinski definition) is 0. The maximum absolute atomic E-state index is 3.93. The molecule has 0 amide bonds. The molecule has 0 spiro atoms. The predicted octanol–water partition coefficient (Wildman–Crippen LogP) is 10.9. The summed E-state index contributed by atoms with van der Waals surface area (Å²) in [5.41, 5.74) is 7.98. The van der Waals surface area contributed by atoms with Crippen molar-refractivity contribution in [3.63, 3.8) is 0 Å². The van der Waals surface area contributed by atoms with E-state index >= 15 is 0 Å². The molecule has 4 aromatic carbocycles. The zero-order chi connectivity index (χ0) is 26.2. The largest absolute Gasteiger partial charge is 0.309 e. The zero-order valence-corrected chi connectivity index (χ0v) is 23.0. The standard InChI is InChI=1S/C32H29N.2C2H6/c1-2-23-8-7-9-27(22-23)26-16-14-24(15-17-26)25-18-20-28(21-19-25)33-31-12-5-3-10-29(31)30-11-4-6-13-32(30)33;2*1-2/h2-13,18-22,24,26H,1,14-17H2;2*1-2H3. The molecule has 1 heterocycles. The summed E-state index contributed by atoms with van der Waals surface area (Å²) >= 11 is 0.